The van der Waals surface area contributed by atoms with Crippen molar-refractivity contribution in [2.45, 2.75) is 27.3 Å². The second-order valence-corrected chi connectivity index (χ2v) is 5.64. The van der Waals surface area contributed by atoms with E-state index in [4.69, 9.17) is 4.74 Å². The molecule has 0 bridgehead atoms. The summed E-state index contributed by atoms with van der Waals surface area (Å²) >= 11 is 1.51. The summed E-state index contributed by atoms with van der Waals surface area (Å²) in [5.74, 6) is -0.355. The fraction of sp³-hybridized carbons (Fsp3) is 0.400. The summed E-state index contributed by atoms with van der Waals surface area (Å²) in [6, 6.07) is 5.84. The summed E-state index contributed by atoms with van der Waals surface area (Å²) in [5, 5.41) is 0.823. The molecule has 2 aromatic rings. The average Bonchev–Trinajstić information content (AvgIpc) is 2.88. The van der Waals surface area contributed by atoms with Crippen molar-refractivity contribution in [2.24, 2.45) is 0 Å². The fourth-order valence-electron chi connectivity index (χ4n) is 1.91. The molecule has 0 radical (unpaired) electrons. The Hall–Kier alpha value is -1.95. The van der Waals surface area contributed by atoms with Crippen LogP contribution in [0, 0.1) is 6.92 Å². The second-order valence-electron chi connectivity index (χ2n) is 4.46. The number of esters is 1. The maximum atomic E-state index is 11.8. The Morgan fingerprint density at radius 2 is 2.19 bits per heavy atom. The first-order valence-electron chi connectivity index (χ1n) is 6.95. The first kappa shape index (κ1) is 15.4. The van der Waals surface area contributed by atoms with Gasteiger partial charge in [-0.05, 0) is 32.9 Å². The maximum absolute atomic E-state index is 11.8. The van der Waals surface area contributed by atoms with Gasteiger partial charge in [0.05, 0.1) is 18.8 Å². The van der Waals surface area contributed by atoms with Gasteiger partial charge in [-0.2, -0.15) is 0 Å². The van der Waals surface area contributed by atoms with Gasteiger partial charge < -0.3 is 9.64 Å². The Labute approximate surface area is 128 Å². The third kappa shape index (κ3) is 3.78. The lowest BCUT2D eigenvalue weighted by Crippen LogP contribution is -2.22. The zero-order valence-corrected chi connectivity index (χ0v) is 13.3. The molecule has 5 nitrogen and oxygen atoms in total. The van der Waals surface area contributed by atoms with Crippen LogP contribution in [-0.4, -0.2) is 29.1 Å². The van der Waals surface area contributed by atoms with Crippen molar-refractivity contribution in [3.05, 3.63) is 40.7 Å². The number of aromatic nitrogens is 2. The predicted octanol–water partition coefficient (Wildman–Crippen LogP) is 3.05. The number of hydrogen-bond acceptors (Lipinski definition) is 6. The topological polar surface area (TPSA) is 55.3 Å². The molecule has 0 amide bonds. The van der Waals surface area contributed by atoms with Crippen molar-refractivity contribution in [3.8, 4) is 0 Å². The molecular weight excluding hydrogens is 286 g/mol. The average molecular weight is 305 g/mol. The lowest BCUT2D eigenvalue weighted by molar-refractivity contribution is 0.0519. The molecule has 0 saturated heterocycles. The molecular formula is C15H19N3O2S. The monoisotopic (exact) mass is 305 g/mol. The summed E-state index contributed by atoms with van der Waals surface area (Å²) in [6.45, 7) is 7.57. The second kappa shape index (κ2) is 7.17. The van der Waals surface area contributed by atoms with Crippen molar-refractivity contribution >= 4 is 22.4 Å². The largest absolute Gasteiger partial charge is 0.461 e. The Balaban J connectivity index is 2.19. The van der Waals surface area contributed by atoms with Crippen LogP contribution < -0.4 is 4.90 Å². The molecule has 2 aromatic heterocycles. The third-order valence-electron chi connectivity index (χ3n) is 2.99. The van der Waals surface area contributed by atoms with Crippen molar-refractivity contribution in [1.82, 2.24) is 9.97 Å². The number of ether oxygens (including phenoxy) is 1. The van der Waals surface area contributed by atoms with Crippen molar-refractivity contribution in [3.63, 3.8) is 0 Å². The number of carbonyl (C=O) groups is 1. The van der Waals surface area contributed by atoms with E-state index in [1.54, 1.807) is 13.1 Å². The highest BCUT2D eigenvalue weighted by Crippen LogP contribution is 2.27. The molecule has 0 N–H and O–H groups in total. The Bertz CT molecular complexity index is 598. The van der Waals surface area contributed by atoms with Crippen LogP contribution in [0.1, 0.15) is 34.9 Å². The quantitative estimate of drug-likeness (QED) is 0.768. The van der Waals surface area contributed by atoms with E-state index in [-0.39, 0.29) is 5.97 Å². The van der Waals surface area contributed by atoms with E-state index >= 15 is 0 Å². The number of aryl methyl sites for hydroxylation is 1. The van der Waals surface area contributed by atoms with Crippen LogP contribution in [0.15, 0.2) is 24.4 Å². The van der Waals surface area contributed by atoms with Crippen LogP contribution in [0.3, 0.4) is 0 Å². The van der Waals surface area contributed by atoms with E-state index in [9.17, 15) is 4.79 Å². The van der Waals surface area contributed by atoms with Crippen LogP contribution >= 0.6 is 11.3 Å². The minimum Gasteiger partial charge on any atom is -0.461 e. The van der Waals surface area contributed by atoms with Gasteiger partial charge in [0.25, 0.3) is 0 Å². The van der Waals surface area contributed by atoms with Gasteiger partial charge in [-0.1, -0.05) is 6.07 Å². The first-order valence-corrected chi connectivity index (χ1v) is 7.76. The number of hydrogen-bond donors (Lipinski definition) is 0. The van der Waals surface area contributed by atoms with E-state index in [1.807, 2.05) is 25.1 Å². The molecule has 2 heterocycles. The number of carbonyl (C=O) groups excluding carboxylic acids is 1. The molecule has 2 rings (SSSR count). The molecule has 0 fully saturated rings. The van der Waals surface area contributed by atoms with Gasteiger partial charge in [0.1, 0.15) is 0 Å². The molecule has 0 saturated carbocycles. The standard InChI is InChI=1S/C15H19N3O2S/c1-4-18(10-12-8-6-7-9-16-12)15-17-13(11(3)21-15)14(19)20-5-2/h6-9H,4-5,10H2,1-3H3. The predicted molar refractivity (Wildman–Crippen MR) is 83.8 cm³/mol. The minimum atomic E-state index is -0.355. The Morgan fingerprint density at radius 1 is 1.38 bits per heavy atom. The lowest BCUT2D eigenvalue weighted by atomic mass is 10.3. The highest BCUT2D eigenvalue weighted by molar-refractivity contribution is 7.15. The SMILES string of the molecule is CCOC(=O)c1nc(N(CC)Cc2ccccn2)sc1C. The maximum Gasteiger partial charge on any atom is 0.358 e. The first-order chi connectivity index (χ1) is 10.2. The number of thiazole rings is 1. The van der Waals surface area contributed by atoms with E-state index in [0.717, 1.165) is 22.2 Å². The fourth-order valence-corrected chi connectivity index (χ4v) is 2.87. The molecule has 0 aliphatic carbocycles. The molecule has 0 aliphatic rings. The van der Waals surface area contributed by atoms with Gasteiger partial charge in [0.15, 0.2) is 10.8 Å². The van der Waals surface area contributed by atoms with Gasteiger partial charge >= 0.3 is 5.97 Å². The number of rotatable bonds is 6. The Morgan fingerprint density at radius 3 is 2.81 bits per heavy atom. The molecule has 0 aromatic carbocycles. The summed E-state index contributed by atoms with van der Waals surface area (Å²) < 4.78 is 5.03. The van der Waals surface area contributed by atoms with E-state index in [1.165, 1.54) is 11.3 Å². The summed E-state index contributed by atoms with van der Waals surface area (Å²) in [7, 11) is 0. The molecule has 6 heteroatoms. The van der Waals surface area contributed by atoms with Crippen LogP contribution in [0.5, 0.6) is 0 Å². The third-order valence-corrected chi connectivity index (χ3v) is 4.02. The normalized spacial score (nSPS) is 10.4. The molecule has 0 atom stereocenters. The summed E-state index contributed by atoms with van der Waals surface area (Å²) in [5.41, 5.74) is 1.39. The van der Waals surface area contributed by atoms with Crippen LogP contribution in [0.25, 0.3) is 0 Å². The lowest BCUT2D eigenvalue weighted by Gasteiger charge is -2.19. The highest BCUT2D eigenvalue weighted by atomic mass is 32.1. The number of pyridine rings is 1. The molecule has 0 aliphatic heterocycles. The van der Waals surface area contributed by atoms with Crippen LogP contribution in [0.2, 0.25) is 0 Å². The smallest absolute Gasteiger partial charge is 0.358 e. The molecule has 21 heavy (non-hydrogen) atoms. The number of anilines is 1. The number of nitrogens with zero attached hydrogens (tertiary/aromatic N) is 3. The van der Waals surface area contributed by atoms with E-state index in [2.05, 4.69) is 21.8 Å². The van der Waals surface area contributed by atoms with Gasteiger partial charge in [-0.15, -0.1) is 11.3 Å². The summed E-state index contributed by atoms with van der Waals surface area (Å²) in [4.78, 5) is 23.6. The van der Waals surface area contributed by atoms with Crippen LogP contribution in [0.4, 0.5) is 5.13 Å². The zero-order valence-electron chi connectivity index (χ0n) is 12.5. The van der Waals surface area contributed by atoms with Crippen molar-refractivity contribution < 1.29 is 9.53 Å². The Kier molecular flexibility index (Phi) is 5.27. The highest BCUT2D eigenvalue weighted by Gasteiger charge is 2.19. The van der Waals surface area contributed by atoms with Crippen LogP contribution in [-0.2, 0) is 11.3 Å². The van der Waals surface area contributed by atoms with Crippen molar-refractivity contribution in [2.75, 3.05) is 18.1 Å². The van der Waals surface area contributed by atoms with E-state index in [0.29, 0.717) is 18.8 Å². The molecule has 0 unspecified atom stereocenters. The minimum absolute atomic E-state index is 0.355. The molecule has 0 spiro atoms. The van der Waals surface area contributed by atoms with Gasteiger partial charge in [0.2, 0.25) is 0 Å². The zero-order chi connectivity index (χ0) is 15.2. The van der Waals surface area contributed by atoms with E-state index < -0.39 is 0 Å². The van der Waals surface area contributed by atoms with Gasteiger partial charge in [-0.3, -0.25) is 4.98 Å². The van der Waals surface area contributed by atoms with Gasteiger partial charge in [0, 0.05) is 17.6 Å². The summed E-state index contributed by atoms with van der Waals surface area (Å²) in [6.07, 6.45) is 1.78. The van der Waals surface area contributed by atoms with Crippen molar-refractivity contribution in [1.29, 1.82) is 0 Å². The van der Waals surface area contributed by atoms with Gasteiger partial charge in [-0.25, -0.2) is 9.78 Å². The molecule has 112 valence electrons.